The van der Waals surface area contributed by atoms with Crippen molar-refractivity contribution in [2.24, 2.45) is 17.6 Å². The van der Waals surface area contributed by atoms with Gasteiger partial charge in [-0.05, 0) is 37.8 Å². The number of rotatable bonds is 4. The monoisotopic (exact) mass is 397 g/mol. The van der Waals surface area contributed by atoms with Crippen molar-refractivity contribution in [3.63, 3.8) is 0 Å². The van der Waals surface area contributed by atoms with Gasteiger partial charge < -0.3 is 20.3 Å². The number of benzene rings is 1. The van der Waals surface area contributed by atoms with E-state index in [1.54, 1.807) is 7.11 Å². The highest BCUT2D eigenvalue weighted by Crippen LogP contribution is 2.31. The first-order chi connectivity index (χ1) is 14.1. The van der Waals surface area contributed by atoms with Crippen LogP contribution in [0.3, 0.4) is 0 Å². The van der Waals surface area contributed by atoms with Gasteiger partial charge in [0.15, 0.2) is 5.82 Å². The van der Waals surface area contributed by atoms with E-state index in [4.69, 9.17) is 15.5 Å². The summed E-state index contributed by atoms with van der Waals surface area (Å²) in [5.74, 6) is 0.870. The Morgan fingerprint density at radius 3 is 2.38 bits per heavy atom. The Morgan fingerprint density at radius 1 is 1.03 bits per heavy atom. The first-order valence-corrected chi connectivity index (χ1v) is 10.2. The van der Waals surface area contributed by atoms with Gasteiger partial charge in [0.2, 0.25) is 11.8 Å². The number of anilines is 1. The third kappa shape index (κ3) is 3.97. The van der Waals surface area contributed by atoms with Crippen molar-refractivity contribution in [1.29, 1.82) is 0 Å². The number of hydrogen-bond donors (Lipinski definition) is 1. The summed E-state index contributed by atoms with van der Waals surface area (Å²) in [6.45, 7) is 2.61. The second kappa shape index (κ2) is 8.23. The zero-order valence-electron chi connectivity index (χ0n) is 16.7. The molecule has 0 unspecified atom stereocenters. The van der Waals surface area contributed by atoms with E-state index < -0.39 is 0 Å². The van der Waals surface area contributed by atoms with E-state index in [1.807, 2.05) is 29.2 Å². The van der Waals surface area contributed by atoms with Crippen molar-refractivity contribution >= 4 is 28.7 Å². The fourth-order valence-electron chi connectivity index (χ4n) is 4.33. The van der Waals surface area contributed by atoms with Gasteiger partial charge in [0.05, 0.1) is 24.1 Å². The molecule has 4 rings (SSSR count). The first-order valence-electron chi connectivity index (χ1n) is 10.2. The van der Waals surface area contributed by atoms with Crippen LogP contribution in [0.5, 0.6) is 5.88 Å². The minimum Gasteiger partial charge on any atom is -0.478 e. The van der Waals surface area contributed by atoms with Crippen molar-refractivity contribution < 1.29 is 14.3 Å². The highest BCUT2D eigenvalue weighted by atomic mass is 16.5. The number of likely N-dealkylation sites (tertiary alicyclic amines) is 1. The second-order valence-corrected chi connectivity index (χ2v) is 7.83. The van der Waals surface area contributed by atoms with Crippen LogP contribution in [-0.4, -0.2) is 60.0 Å². The third-order valence-electron chi connectivity index (χ3n) is 5.99. The number of piperidine rings is 2. The SMILES string of the molecule is COc1nc2ccccc2nc1N1CCC[C@@H](C(=O)N2CCC(C(N)=O)CC2)C1. The lowest BCUT2D eigenvalue weighted by Gasteiger charge is -2.37. The lowest BCUT2D eigenvalue weighted by molar-refractivity contribution is -0.138. The lowest BCUT2D eigenvalue weighted by Crippen LogP contribution is -2.48. The van der Waals surface area contributed by atoms with Gasteiger partial charge in [-0.25, -0.2) is 9.97 Å². The number of aromatic nitrogens is 2. The number of primary amides is 1. The molecule has 2 aliphatic heterocycles. The van der Waals surface area contributed by atoms with Crippen molar-refractivity contribution in [1.82, 2.24) is 14.9 Å². The summed E-state index contributed by atoms with van der Waals surface area (Å²) in [6, 6.07) is 7.70. The van der Waals surface area contributed by atoms with Crippen molar-refractivity contribution in [3.05, 3.63) is 24.3 Å². The molecule has 2 saturated heterocycles. The summed E-state index contributed by atoms with van der Waals surface area (Å²) in [6.07, 6.45) is 3.07. The van der Waals surface area contributed by atoms with Gasteiger partial charge in [-0.2, -0.15) is 0 Å². The van der Waals surface area contributed by atoms with E-state index >= 15 is 0 Å². The summed E-state index contributed by atoms with van der Waals surface area (Å²) >= 11 is 0. The number of nitrogens with two attached hydrogens (primary N) is 1. The van der Waals surface area contributed by atoms with Gasteiger partial charge >= 0.3 is 0 Å². The number of hydrogen-bond acceptors (Lipinski definition) is 6. The Balaban J connectivity index is 1.49. The summed E-state index contributed by atoms with van der Waals surface area (Å²) in [5.41, 5.74) is 7.00. The molecular formula is C21H27N5O3. The summed E-state index contributed by atoms with van der Waals surface area (Å²) in [7, 11) is 1.59. The van der Waals surface area contributed by atoms with Crippen molar-refractivity contribution in [3.8, 4) is 5.88 Å². The number of carbonyl (C=O) groups is 2. The van der Waals surface area contributed by atoms with Crippen LogP contribution < -0.4 is 15.4 Å². The average molecular weight is 397 g/mol. The van der Waals surface area contributed by atoms with Crippen LogP contribution in [-0.2, 0) is 9.59 Å². The zero-order chi connectivity index (χ0) is 20.4. The predicted octanol–water partition coefficient (Wildman–Crippen LogP) is 1.58. The van der Waals surface area contributed by atoms with Crippen LogP contribution in [0, 0.1) is 11.8 Å². The first kappa shape index (κ1) is 19.4. The molecule has 1 atom stereocenters. The van der Waals surface area contributed by atoms with Crippen LogP contribution in [0.25, 0.3) is 11.0 Å². The third-order valence-corrected chi connectivity index (χ3v) is 5.99. The molecule has 154 valence electrons. The molecule has 1 aromatic heterocycles. The van der Waals surface area contributed by atoms with E-state index in [0.717, 1.165) is 30.4 Å². The van der Waals surface area contributed by atoms with Gasteiger partial charge in [-0.3, -0.25) is 9.59 Å². The molecule has 0 saturated carbocycles. The Hall–Kier alpha value is -2.90. The summed E-state index contributed by atoms with van der Waals surface area (Å²) < 4.78 is 5.50. The maximum Gasteiger partial charge on any atom is 0.257 e. The molecule has 3 heterocycles. The van der Waals surface area contributed by atoms with Crippen LogP contribution in [0.15, 0.2) is 24.3 Å². The van der Waals surface area contributed by atoms with Crippen LogP contribution in [0.4, 0.5) is 5.82 Å². The normalized spacial score (nSPS) is 20.7. The summed E-state index contributed by atoms with van der Waals surface area (Å²) in [5, 5.41) is 0. The van der Waals surface area contributed by atoms with E-state index in [2.05, 4.69) is 9.88 Å². The molecule has 2 aliphatic rings. The number of carbonyl (C=O) groups excluding carboxylic acids is 2. The number of methoxy groups -OCH3 is 1. The predicted molar refractivity (Wildman–Crippen MR) is 110 cm³/mol. The van der Waals surface area contributed by atoms with Crippen molar-refractivity contribution in [2.45, 2.75) is 25.7 Å². The fourth-order valence-corrected chi connectivity index (χ4v) is 4.33. The van der Waals surface area contributed by atoms with Gasteiger partial charge in [-0.1, -0.05) is 12.1 Å². The number of nitrogens with zero attached hydrogens (tertiary/aromatic N) is 4. The maximum atomic E-state index is 13.1. The van der Waals surface area contributed by atoms with Crippen molar-refractivity contribution in [2.75, 3.05) is 38.2 Å². The Kier molecular flexibility index (Phi) is 5.51. The summed E-state index contributed by atoms with van der Waals surface area (Å²) in [4.78, 5) is 37.8. The lowest BCUT2D eigenvalue weighted by atomic mass is 9.92. The van der Waals surface area contributed by atoms with E-state index in [-0.39, 0.29) is 23.7 Å². The molecule has 2 fully saturated rings. The fraction of sp³-hybridized carbons (Fsp3) is 0.524. The van der Waals surface area contributed by atoms with Crippen LogP contribution in [0.1, 0.15) is 25.7 Å². The quantitative estimate of drug-likeness (QED) is 0.840. The molecule has 2 amide bonds. The molecule has 8 nitrogen and oxygen atoms in total. The van der Waals surface area contributed by atoms with Gasteiger partial charge in [-0.15, -0.1) is 0 Å². The molecule has 2 aromatic rings. The molecule has 2 N–H and O–H groups in total. The molecule has 0 spiro atoms. The maximum absolute atomic E-state index is 13.1. The molecule has 0 bridgehead atoms. The molecule has 1 aromatic carbocycles. The Bertz CT molecular complexity index is 910. The highest BCUT2D eigenvalue weighted by Gasteiger charge is 2.33. The second-order valence-electron chi connectivity index (χ2n) is 7.83. The van der Waals surface area contributed by atoms with Gasteiger partial charge in [0, 0.05) is 32.1 Å². The number of fused-ring (bicyclic) bond motifs is 1. The highest BCUT2D eigenvalue weighted by molar-refractivity contribution is 5.82. The topological polar surface area (TPSA) is 102 Å². The zero-order valence-corrected chi connectivity index (χ0v) is 16.7. The molecule has 0 radical (unpaired) electrons. The molecule has 8 heteroatoms. The number of amides is 2. The van der Waals surface area contributed by atoms with Gasteiger partial charge in [0.1, 0.15) is 0 Å². The average Bonchev–Trinajstić information content (AvgIpc) is 2.77. The van der Waals surface area contributed by atoms with E-state index in [1.165, 1.54) is 0 Å². The van der Waals surface area contributed by atoms with E-state index in [0.29, 0.717) is 44.2 Å². The molecule has 29 heavy (non-hydrogen) atoms. The van der Waals surface area contributed by atoms with Gasteiger partial charge in [0.25, 0.3) is 5.88 Å². The molecular weight excluding hydrogens is 370 g/mol. The molecule has 0 aliphatic carbocycles. The smallest absolute Gasteiger partial charge is 0.257 e. The van der Waals surface area contributed by atoms with E-state index in [9.17, 15) is 9.59 Å². The largest absolute Gasteiger partial charge is 0.478 e. The van der Waals surface area contributed by atoms with Crippen LogP contribution in [0.2, 0.25) is 0 Å². The Labute approximate surface area is 170 Å². The number of para-hydroxylation sites is 2. The van der Waals surface area contributed by atoms with Crippen LogP contribution >= 0.6 is 0 Å². The number of ether oxygens (including phenoxy) is 1. The minimum atomic E-state index is -0.261. The standard InChI is InChI=1S/C21H27N5O3/c1-29-20-19(23-16-6-2-3-7-17(16)24-20)26-10-4-5-15(13-26)21(28)25-11-8-14(9-12-25)18(22)27/h2-3,6-7,14-15H,4-5,8-13H2,1H3,(H2,22,27)/t15-/m1/s1. The minimum absolute atomic E-state index is 0.0909. The Morgan fingerprint density at radius 2 is 1.72 bits per heavy atom.